The van der Waals surface area contributed by atoms with E-state index in [9.17, 15) is 10.2 Å². The van der Waals surface area contributed by atoms with Crippen LogP contribution in [0, 0.1) is 0 Å². The third kappa shape index (κ3) is 4.87. The van der Waals surface area contributed by atoms with Crippen LogP contribution in [0.4, 0.5) is 0 Å². The first kappa shape index (κ1) is 17.6. The Morgan fingerprint density at radius 1 is 1.26 bits per heavy atom. The van der Waals surface area contributed by atoms with E-state index in [1.54, 1.807) is 30.6 Å². The van der Waals surface area contributed by atoms with Crippen LogP contribution in [0.15, 0.2) is 36.7 Å². The van der Waals surface area contributed by atoms with Crippen LogP contribution in [-0.4, -0.2) is 38.5 Å². The molecule has 124 valence electrons. The molecule has 0 fully saturated rings. The van der Waals surface area contributed by atoms with E-state index in [1.165, 1.54) is 0 Å². The van der Waals surface area contributed by atoms with Gasteiger partial charge in [0.25, 0.3) is 0 Å². The molecule has 2 unspecified atom stereocenters. The van der Waals surface area contributed by atoms with Gasteiger partial charge in [0.15, 0.2) is 0 Å². The zero-order chi connectivity index (χ0) is 16.7. The van der Waals surface area contributed by atoms with E-state index >= 15 is 0 Å². The molecule has 1 aliphatic rings. The topological polar surface area (TPSA) is 95.7 Å². The van der Waals surface area contributed by atoms with Gasteiger partial charge in [-0.15, -0.1) is 0 Å². The van der Waals surface area contributed by atoms with Crippen molar-refractivity contribution in [2.75, 3.05) is 13.2 Å². The van der Waals surface area contributed by atoms with Gasteiger partial charge in [0.05, 0.1) is 18.8 Å². The number of fused-ring (bicyclic) bond motifs is 1. The minimum atomic E-state index is -0.726. The maximum Gasteiger partial charge on any atom is 0.219 e. The molecule has 3 N–H and O–H groups in total. The van der Waals surface area contributed by atoms with E-state index in [2.05, 4.69) is 9.97 Å². The summed E-state index contributed by atoms with van der Waals surface area (Å²) in [4.78, 5) is 7.79. The fourth-order valence-corrected chi connectivity index (χ4v) is 2.37. The highest BCUT2D eigenvalue weighted by atomic mass is 35.5. The summed E-state index contributed by atoms with van der Waals surface area (Å²) >= 11 is 5.70. The Kier molecular flexibility index (Phi) is 6.73. The number of aromatic nitrogens is 2. The number of rotatable bonds is 3. The van der Waals surface area contributed by atoms with Gasteiger partial charge in [-0.1, -0.05) is 17.7 Å². The van der Waals surface area contributed by atoms with Crippen molar-refractivity contribution in [3.63, 3.8) is 0 Å². The van der Waals surface area contributed by atoms with Gasteiger partial charge < -0.3 is 20.1 Å². The Hall–Kier alpha value is -1.73. The number of hydrogen-bond acceptors (Lipinski definition) is 6. The molecule has 0 aromatic carbocycles. The van der Waals surface area contributed by atoms with Gasteiger partial charge in [0.1, 0.15) is 5.15 Å². The van der Waals surface area contributed by atoms with E-state index in [1.807, 2.05) is 6.07 Å². The summed E-state index contributed by atoms with van der Waals surface area (Å²) < 4.78 is 5.22. The van der Waals surface area contributed by atoms with Crippen LogP contribution >= 0.6 is 11.6 Å². The number of halogens is 1. The lowest BCUT2D eigenvalue weighted by Gasteiger charge is -2.19. The van der Waals surface area contributed by atoms with Crippen molar-refractivity contribution >= 4 is 11.6 Å². The van der Waals surface area contributed by atoms with Gasteiger partial charge in [0, 0.05) is 43.0 Å². The van der Waals surface area contributed by atoms with Crippen LogP contribution in [0.1, 0.15) is 36.2 Å². The van der Waals surface area contributed by atoms with Crippen LogP contribution in [0.2, 0.25) is 5.15 Å². The Morgan fingerprint density at radius 3 is 2.70 bits per heavy atom. The van der Waals surface area contributed by atoms with E-state index in [0.717, 1.165) is 5.56 Å². The van der Waals surface area contributed by atoms with E-state index < -0.39 is 12.2 Å². The standard InChI is InChI=1S/C8H10ClNO2.C8H9NO2/c9-8-6(2-1-4-10-8)7(12)3-5-11;10-7-3-5-11-8-6(7)2-1-4-9-8/h1-2,4,7,11-12H,3,5H2;1-2,4,7,10H,3,5H2. The van der Waals surface area contributed by atoms with Crippen molar-refractivity contribution < 1.29 is 20.1 Å². The maximum atomic E-state index is 9.44. The summed E-state index contributed by atoms with van der Waals surface area (Å²) in [5.74, 6) is 0.575. The second kappa shape index (κ2) is 8.79. The van der Waals surface area contributed by atoms with Crippen LogP contribution in [-0.2, 0) is 0 Å². The lowest BCUT2D eigenvalue weighted by Crippen LogP contribution is -2.14. The van der Waals surface area contributed by atoms with Gasteiger partial charge >= 0.3 is 0 Å². The number of aliphatic hydroxyl groups is 3. The minimum absolute atomic E-state index is 0.0631. The Balaban J connectivity index is 0.000000167. The second-order valence-corrected chi connectivity index (χ2v) is 5.32. The highest BCUT2D eigenvalue weighted by Crippen LogP contribution is 2.28. The molecule has 0 spiro atoms. The fourth-order valence-electron chi connectivity index (χ4n) is 2.13. The molecule has 0 saturated carbocycles. The average molecular weight is 339 g/mol. The number of nitrogens with zero attached hydrogens (tertiary/aromatic N) is 2. The Bertz CT molecular complexity index is 627. The molecule has 3 heterocycles. The summed E-state index contributed by atoms with van der Waals surface area (Å²) in [6.07, 6.45) is 3.04. The molecular weight excluding hydrogens is 320 g/mol. The lowest BCUT2D eigenvalue weighted by atomic mass is 10.1. The number of ether oxygens (including phenoxy) is 1. The van der Waals surface area contributed by atoms with E-state index in [-0.39, 0.29) is 13.0 Å². The number of hydrogen-bond donors (Lipinski definition) is 3. The zero-order valence-electron chi connectivity index (χ0n) is 12.5. The molecule has 2 aromatic rings. The van der Waals surface area contributed by atoms with Gasteiger partial charge in [-0.3, -0.25) is 0 Å². The van der Waals surface area contributed by atoms with Crippen molar-refractivity contribution in [2.45, 2.75) is 25.0 Å². The molecular formula is C16H19ClN2O4. The zero-order valence-corrected chi connectivity index (χ0v) is 13.2. The molecule has 7 heteroatoms. The Morgan fingerprint density at radius 2 is 2.00 bits per heavy atom. The van der Waals surface area contributed by atoms with Crippen molar-refractivity contribution in [1.82, 2.24) is 9.97 Å². The molecule has 0 bridgehead atoms. The summed E-state index contributed by atoms with van der Waals surface area (Å²) in [7, 11) is 0. The highest BCUT2D eigenvalue weighted by Gasteiger charge is 2.18. The van der Waals surface area contributed by atoms with Crippen LogP contribution in [0.5, 0.6) is 5.88 Å². The average Bonchev–Trinajstić information content (AvgIpc) is 2.57. The van der Waals surface area contributed by atoms with Crippen LogP contribution in [0.3, 0.4) is 0 Å². The third-order valence-electron chi connectivity index (χ3n) is 3.34. The SMILES string of the molecule is OC1CCOc2ncccc21.OCCC(O)c1cccnc1Cl. The molecule has 0 saturated heterocycles. The summed E-state index contributed by atoms with van der Waals surface area (Å²) in [5, 5.41) is 27.7. The third-order valence-corrected chi connectivity index (χ3v) is 3.65. The summed E-state index contributed by atoms with van der Waals surface area (Å²) in [5.41, 5.74) is 1.37. The molecule has 2 aromatic heterocycles. The predicted octanol–water partition coefficient (Wildman–Crippen LogP) is 2.05. The molecule has 3 rings (SSSR count). The van der Waals surface area contributed by atoms with Crippen molar-refractivity contribution in [3.05, 3.63) is 52.9 Å². The van der Waals surface area contributed by atoms with Crippen LogP contribution < -0.4 is 4.74 Å². The van der Waals surface area contributed by atoms with E-state index in [0.29, 0.717) is 29.6 Å². The number of aliphatic hydroxyl groups excluding tert-OH is 3. The van der Waals surface area contributed by atoms with Crippen molar-refractivity contribution in [3.8, 4) is 5.88 Å². The Labute approximate surface area is 139 Å². The lowest BCUT2D eigenvalue weighted by molar-refractivity contribution is 0.112. The molecule has 23 heavy (non-hydrogen) atoms. The first-order valence-corrected chi connectivity index (χ1v) is 7.66. The second-order valence-electron chi connectivity index (χ2n) is 4.96. The maximum absolute atomic E-state index is 9.44. The largest absolute Gasteiger partial charge is 0.477 e. The van der Waals surface area contributed by atoms with Gasteiger partial charge in [-0.05, 0) is 18.2 Å². The van der Waals surface area contributed by atoms with Crippen molar-refractivity contribution in [2.24, 2.45) is 0 Å². The van der Waals surface area contributed by atoms with Crippen molar-refractivity contribution in [1.29, 1.82) is 0 Å². The molecule has 0 aliphatic carbocycles. The summed E-state index contributed by atoms with van der Waals surface area (Å²) in [6, 6.07) is 7.03. The fraction of sp³-hybridized carbons (Fsp3) is 0.375. The normalized spacial score (nSPS) is 17.3. The van der Waals surface area contributed by atoms with Gasteiger partial charge in [-0.25, -0.2) is 9.97 Å². The minimum Gasteiger partial charge on any atom is -0.477 e. The van der Waals surface area contributed by atoms with Crippen LogP contribution in [0.25, 0.3) is 0 Å². The monoisotopic (exact) mass is 338 g/mol. The molecule has 0 amide bonds. The number of pyridine rings is 2. The molecule has 6 nitrogen and oxygen atoms in total. The molecule has 0 radical (unpaired) electrons. The first-order chi connectivity index (χ1) is 11.1. The van der Waals surface area contributed by atoms with Gasteiger partial charge in [0.2, 0.25) is 5.88 Å². The summed E-state index contributed by atoms with van der Waals surface area (Å²) in [6.45, 7) is 0.498. The highest BCUT2D eigenvalue weighted by molar-refractivity contribution is 6.30. The molecule has 1 aliphatic heterocycles. The molecule has 2 atom stereocenters. The first-order valence-electron chi connectivity index (χ1n) is 7.28. The predicted molar refractivity (Wildman–Crippen MR) is 85.2 cm³/mol. The quantitative estimate of drug-likeness (QED) is 0.741. The van der Waals surface area contributed by atoms with E-state index in [4.69, 9.17) is 21.4 Å². The van der Waals surface area contributed by atoms with Gasteiger partial charge in [-0.2, -0.15) is 0 Å². The smallest absolute Gasteiger partial charge is 0.219 e.